The lowest BCUT2D eigenvalue weighted by Crippen LogP contribution is -2.50. The van der Waals surface area contributed by atoms with E-state index in [1.54, 1.807) is 46.2 Å². The van der Waals surface area contributed by atoms with E-state index < -0.39 is 0 Å². The summed E-state index contributed by atoms with van der Waals surface area (Å²) in [4.78, 5) is 28.8. The molecule has 0 unspecified atom stereocenters. The number of rotatable bonds is 7. The summed E-state index contributed by atoms with van der Waals surface area (Å²) in [5.74, 6) is 1.40. The number of benzene rings is 2. The van der Waals surface area contributed by atoms with E-state index in [1.165, 1.54) is 14.2 Å². The van der Waals surface area contributed by atoms with E-state index in [-0.39, 0.29) is 24.8 Å². The van der Waals surface area contributed by atoms with Crippen molar-refractivity contribution < 1.29 is 23.8 Å². The van der Waals surface area contributed by atoms with Crippen LogP contribution >= 0.6 is 23.2 Å². The highest BCUT2D eigenvalue weighted by Crippen LogP contribution is 2.31. The zero-order valence-electron chi connectivity index (χ0n) is 17.4. The molecule has 0 N–H and O–H groups in total. The lowest BCUT2D eigenvalue weighted by molar-refractivity contribution is -0.133. The highest BCUT2D eigenvalue weighted by atomic mass is 35.5. The van der Waals surface area contributed by atoms with Gasteiger partial charge in [-0.2, -0.15) is 0 Å². The Hall–Kier alpha value is -2.64. The van der Waals surface area contributed by atoms with Crippen LogP contribution in [0.15, 0.2) is 36.4 Å². The van der Waals surface area contributed by atoms with Crippen LogP contribution in [0.5, 0.6) is 17.2 Å². The van der Waals surface area contributed by atoms with Gasteiger partial charge in [-0.3, -0.25) is 9.59 Å². The first kappa shape index (κ1) is 23.0. The molecule has 0 aromatic heterocycles. The van der Waals surface area contributed by atoms with E-state index >= 15 is 0 Å². The smallest absolute Gasteiger partial charge is 0.254 e. The minimum atomic E-state index is -0.122. The van der Waals surface area contributed by atoms with Gasteiger partial charge in [0.25, 0.3) is 5.91 Å². The third kappa shape index (κ3) is 5.74. The molecule has 166 valence electrons. The molecule has 1 saturated heterocycles. The van der Waals surface area contributed by atoms with Crippen molar-refractivity contribution in [3.05, 3.63) is 52.0 Å². The highest BCUT2D eigenvalue weighted by Gasteiger charge is 2.25. The fourth-order valence-electron chi connectivity index (χ4n) is 3.27. The molecule has 0 atom stereocenters. The Bertz CT molecular complexity index is 923. The van der Waals surface area contributed by atoms with Crippen LogP contribution in [0.3, 0.4) is 0 Å². The van der Waals surface area contributed by atoms with Crippen LogP contribution in [-0.4, -0.2) is 68.6 Å². The van der Waals surface area contributed by atoms with Crippen LogP contribution in [0.1, 0.15) is 16.8 Å². The number of halogens is 2. The average Bonchev–Trinajstić information content (AvgIpc) is 2.80. The maximum Gasteiger partial charge on any atom is 0.254 e. The molecule has 1 aliphatic rings. The second kappa shape index (κ2) is 10.6. The molecule has 2 aromatic carbocycles. The predicted molar refractivity (Wildman–Crippen MR) is 119 cm³/mol. The maximum atomic E-state index is 12.9. The number of nitrogens with zero attached hydrogens (tertiary/aromatic N) is 2. The van der Waals surface area contributed by atoms with E-state index in [4.69, 9.17) is 37.4 Å². The summed E-state index contributed by atoms with van der Waals surface area (Å²) >= 11 is 12.0. The van der Waals surface area contributed by atoms with Crippen molar-refractivity contribution in [2.75, 3.05) is 47.0 Å². The molecule has 7 nitrogen and oxygen atoms in total. The van der Waals surface area contributed by atoms with Crippen LogP contribution in [0.4, 0.5) is 0 Å². The summed E-state index contributed by atoms with van der Waals surface area (Å²) in [7, 11) is 3.08. The van der Waals surface area contributed by atoms with Gasteiger partial charge in [0.1, 0.15) is 22.3 Å². The van der Waals surface area contributed by atoms with Gasteiger partial charge in [-0.25, -0.2) is 0 Å². The largest absolute Gasteiger partial charge is 0.497 e. The van der Waals surface area contributed by atoms with Gasteiger partial charge >= 0.3 is 0 Å². The number of amides is 2. The normalized spacial score (nSPS) is 13.7. The van der Waals surface area contributed by atoms with Gasteiger partial charge in [-0.15, -0.1) is 0 Å². The van der Waals surface area contributed by atoms with Crippen molar-refractivity contribution in [1.82, 2.24) is 9.80 Å². The van der Waals surface area contributed by atoms with Gasteiger partial charge in [0.15, 0.2) is 0 Å². The number of piperazine rings is 1. The van der Waals surface area contributed by atoms with E-state index in [9.17, 15) is 9.59 Å². The molecule has 2 aromatic rings. The molecular formula is C22H24Cl2N2O5. The number of hydrogen-bond donors (Lipinski definition) is 0. The van der Waals surface area contributed by atoms with Crippen molar-refractivity contribution in [2.24, 2.45) is 0 Å². The predicted octanol–water partition coefficient (Wildman–Crippen LogP) is 3.76. The number of hydrogen-bond acceptors (Lipinski definition) is 5. The molecule has 1 aliphatic heterocycles. The van der Waals surface area contributed by atoms with E-state index in [0.717, 1.165) is 0 Å². The Morgan fingerprint density at radius 3 is 2.16 bits per heavy atom. The number of carbonyl (C=O) groups is 2. The third-order valence-electron chi connectivity index (χ3n) is 5.01. The van der Waals surface area contributed by atoms with Crippen molar-refractivity contribution in [2.45, 2.75) is 6.42 Å². The second-order valence-corrected chi connectivity index (χ2v) is 7.71. The SMILES string of the molecule is COc1cc(OC)cc(C(=O)N2CCN(C(=O)CCOc3cccc(Cl)c3Cl)CC2)c1. The fraction of sp³-hybridized carbons (Fsp3) is 0.364. The lowest BCUT2D eigenvalue weighted by Gasteiger charge is -2.35. The van der Waals surface area contributed by atoms with Crippen LogP contribution in [0.2, 0.25) is 10.0 Å². The van der Waals surface area contributed by atoms with Gasteiger partial charge in [-0.05, 0) is 24.3 Å². The minimum Gasteiger partial charge on any atom is -0.497 e. The zero-order chi connectivity index (χ0) is 22.4. The molecule has 31 heavy (non-hydrogen) atoms. The highest BCUT2D eigenvalue weighted by molar-refractivity contribution is 6.42. The Morgan fingerprint density at radius 1 is 0.935 bits per heavy atom. The summed E-state index contributed by atoms with van der Waals surface area (Å²) in [5, 5.41) is 0.734. The van der Waals surface area contributed by atoms with E-state index in [2.05, 4.69) is 0 Å². The van der Waals surface area contributed by atoms with Gasteiger partial charge in [0, 0.05) is 37.8 Å². The molecule has 9 heteroatoms. The minimum absolute atomic E-state index is 0.0340. The van der Waals surface area contributed by atoms with Gasteiger partial charge in [-0.1, -0.05) is 29.3 Å². The van der Waals surface area contributed by atoms with Crippen LogP contribution in [-0.2, 0) is 4.79 Å². The van der Waals surface area contributed by atoms with E-state index in [1.807, 2.05) is 0 Å². The molecule has 1 heterocycles. The van der Waals surface area contributed by atoms with Crippen LogP contribution in [0, 0.1) is 0 Å². The maximum absolute atomic E-state index is 12.9. The average molecular weight is 467 g/mol. The first-order chi connectivity index (χ1) is 14.9. The topological polar surface area (TPSA) is 68.3 Å². The molecular weight excluding hydrogens is 443 g/mol. The standard InChI is InChI=1S/C22H24Cl2N2O5/c1-29-16-12-15(13-17(14-16)30-2)22(28)26-9-7-25(8-10-26)20(27)6-11-31-19-5-3-4-18(23)21(19)24/h3-5,12-14H,6-11H2,1-2H3. The first-order valence-corrected chi connectivity index (χ1v) is 10.6. The van der Waals surface area contributed by atoms with Crippen molar-refractivity contribution in [1.29, 1.82) is 0 Å². The quantitative estimate of drug-likeness (QED) is 0.621. The molecule has 2 amide bonds. The molecule has 0 saturated carbocycles. The van der Waals surface area contributed by atoms with Gasteiger partial charge in [0.2, 0.25) is 5.91 Å². The third-order valence-corrected chi connectivity index (χ3v) is 5.81. The summed E-state index contributed by atoms with van der Waals surface area (Å²) in [6.07, 6.45) is 0.212. The number of methoxy groups -OCH3 is 2. The monoisotopic (exact) mass is 466 g/mol. The van der Waals surface area contributed by atoms with Crippen molar-refractivity contribution in [3.8, 4) is 17.2 Å². The number of ether oxygens (including phenoxy) is 3. The summed E-state index contributed by atoms with van der Waals surface area (Å²) in [6, 6.07) is 10.2. The molecule has 0 aliphatic carbocycles. The van der Waals surface area contributed by atoms with Gasteiger partial charge < -0.3 is 24.0 Å². The zero-order valence-corrected chi connectivity index (χ0v) is 18.9. The Labute approximate surface area is 191 Å². The van der Waals surface area contributed by atoms with Crippen molar-refractivity contribution in [3.63, 3.8) is 0 Å². The van der Waals surface area contributed by atoms with Crippen LogP contribution in [0.25, 0.3) is 0 Å². The Balaban J connectivity index is 1.50. The number of carbonyl (C=O) groups excluding carboxylic acids is 2. The van der Waals surface area contributed by atoms with E-state index in [0.29, 0.717) is 59.0 Å². The van der Waals surface area contributed by atoms with Crippen LogP contribution < -0.4 is 14.2 Å². The molecule has 0 radical (unpaired) electrons. The summed E-state index contributed by atoms with van der Waals surface area (Å²) in [5.41, 5.74) is 0.489. The molecule has 0 spiro atoms. The summed E-state index contributed by atoms with van der Waals surface area (Å²) < 4.78 is 16.1. The van der Waals surface area contributed by atoms with Crippen molar-refractivity contribution >= 4 is 35.0 Å². The Kier molecular flexibility index (Phi) is 7.87. The first-order valence-electron chi connectivity index (χ1n) is 9.80. The lowest BCUT2D eigenvalue weighted by atomic mass is 10.1. The Morgan fingerprint density at radius 2 is 1.55 bits per heavy atom. The second-order valence-electron chi connectivity index (χ2n) is 6.92. The molecule has 3 rings (SSSR count). The molecule has 1 fully saturated rings. The molecule has 0 bridgehead atoms. The fourth-order valence-corrected chi connectivity index (χ4v) is 3.62. The van der Waals surface area contributed by atoms with Gasteiger partial charge in [0.05, 0.1) is 32.3 Å². The summed E-state index contributed by atoms with van der Waals surface area (Å²) in [6.45, 7) is 2.02.